The largest absolute Gasteiger partial charge is 0.336 e. The maximum absolute atomic E-state index is 4.85. The number of H-pyrrole nitrogens is 2. The number of para-hydroxylation sites is 1. The van der Waals surface area contributed by atoms with Crippen LogP contribution in [0.4, 0.5) is 0 Å². The molecule has 0 spiro atoms. The monoisotopic (exact) mass is 389 g/mol. The van der Waals surface area contributed by atoms with Gasteiger partial charge in [0, 0.05) is 29.7 Å². The van der Waals surface area contributed by atoms with E-state index in [4.69, 9.17) is 9.97 Å². The molecule has 0 aliphatic heterocycles. The molecule has 0 aliphatic carbocycles. The SMILES string of the molecule is c1ccc(-c2cccc3[nH]c(-c4n[nH]c5ccc(-c6cccnc6)nc45)nc23)nc1. The molecule has 5 aromatic heterocycles. The van der Waals surface area contributed by atoms with Crippen LogP contribution in [0.2, 0.25) is 0 Å². The molecule has 0 aliphatic rings. The lowest BCUT2D eigenvalue weighted by Gasteiger charge is -2.00. The molecule has 5 heterocycles. The first kappa shape index (κ1) is 16.6. The molecular formula is C23H15N7. The van der Waals surface area contributed by atoms with Crippen molar-refractivity contribution in [1.82, 2.24) is 35.1 Å². The van der Waals surface area contributed by atoms with Gasteiger partial charge in [-0.2, -0.15) is 5.10 Å². The van der Waals surface area contributed by atoms with E-state index in [-0.39, 0.29) is 0 Å². The predicted octanol–water partition coefficient (Wildman–Crippen LogP) is 4.63. The van der Waals surface area contributed by atoms with Crippen molar-refractivity contribution < 1.29 is 0 Å². The first-order chi connectivity index (χ1) is 14.9. The van der Waals surface area contributed by atoms with E-state index in [1.807, 2.05) is 60.7 Å². The number of imidazole rings is 1. The quantitative estimate of drug-likeness (QED) is 0.460. The summed E-state index contributed by atoms with van der Waals surface area (Å²) in [6, 6.07) is 19.7. The van der Waals surface area contributed by atoms with Gasteiger partial charge < -0.3 is 4.98 Å². The molecular weight excluding hydrogens is 374 g/mol. The third-order valence-electron chi connectivity index (χ3n) is 5.04. The second-order valence-corrected chi connectivity index (χ2v) is 6.91. The molecule has 0 saturated heterocycles. The minimum atomic E-state index is 0.662. The molecule has 6 rings (SSSR count). The van der Waals surface area contributed by atoms with Crippen molar-refractivity contribution in [1.29, 1.82) is 0 Å². The van der Waals surface area contributed by atoms with Crippen molar-refractivity contribution in [3.05, 3.63) is 79.3 Å². The Morgan fingerprint density at radius 3 is 2.57 bits per heavy atom. The second-order valence-electron chi connectivity index (χ2n) is 6.91. The fraction of sp³-hybridized carbons (Fsp3) is 0. The standard InChI is InChI=1S/C23H15N7/c1-2-12-25-17(7-1)15-6-3-8-18-20(15)28-23(27-18)22-21-19(29-30-22)10-9-16(26-21)14-5-4-11-24-13-14/h1-13H,(H,27,28)(H,29,30). The maximum atomic E-state index is 4.85. The summed E-state index contributed by atoms with van der Waals surface area (Å²) in [5, 5.41) is 7.54. The van der Waals surface area contributed by atoms with Crippen LogP contribution < -0.4 is 0 Å². The lowest BCUT2D eigenvalue weighted by molar-refractivity contribution is 1.10. The Kier molecular flexibility index (Phi) is 3.64. The summed E-state index contributed by atoms with van der Waals surface area (Å²) < 4.78 is 0. The number of nitrogens with zero attached hydrogens (tertiary/aromatic N) is 5. The Morgan fingerprint density at radius 1 is 0.700 bits per heavy atom. The molecule has 0 bridgehead atoms. The van der Waals surface area contributed by atoms with E-state index in [2.05, 4.69) is 25.1 Å². The van der Waals surface area contributed by atoms with Crippen LogP contribution in [0.5, 0.6) is 0 Å². The fourth-order valence-electron chi connectivity index (χ4n) is 3.61. The molecule has 0 saturated carbocycles. The number of hydrogen-bond acceptors (Lipinski definition) is 5. The van der Waals surface area contributed by atoms with Gasteiger partial charge in [0.05, 0.1) is 27.9 Å². The molecule has 30 heavy (non-hydrogen) atoms. The molecule has 6 aromatic rings. The van der Waals surface area contributed by atoms with Crippen LogP contribution in [0.25, 0.3) is 56.1 Å². The summed E-state index contributed by atoms with van der Waals surface area (Å²) in [6.07, 6.45) is 5.33. The topological polar surface area (TPSA) is 96.0 Å². The van der Waals surface area contributed by atoms with E-state index in [1.165, 1.54) is 0 Å². The van der Waals surface area contributed by atoms with E-state index in [0.717, 1.165) is 44.6 Å². The van der Waals surface area contributed by atoms with Crippen LogP contribution in [0.3, 0.4) is 0 Å². The first-order valence-corrected chi connectivity index (χ1v) is 9.53. The highest BCUT2D eigenvalue weighted by molar-refractivity contribution is 5.95. The molecule has 0 fully saturated rings. The molecule has 0 atom stereocenters. The molecule has 7 nitrogen and oxygen atoms in total. The number of aromatic amines is 2. The Bertz CT molecular complexity index is 1480. The van der Waals surface area contributed by atoms with Crippen molar-refractivity contribution in [2.45, 2.75) is 0 Å². The van der Waals surface area contributed by atoms with Crippen LogP contribution in [-0.4, -0.2) is 35.1 Å². The van der Waals surface area contributed by atoms with E-state index in [0.29, 0.717) is 11.5 Å². The fourth-order valence-corrected chi connectivity index (χ4v) is 3.61. The van der Waals surface area contributed by atoms with Gasteiger partial charge in [-0.3, -0.25) is 15.1 Å². The number of aromatic nitrogens is 7. The highest BCUT2D eigenvalue weighted by Crippen LogP contribution is 2.30. The van der Waals surface area contributed by atoms with Crippen molar-refractivity contribution in [3.8, 4) is 34.0 Å². The average Bonchev–Trinajstić information content (AvgIpc) is 3.43. The third kappa shape index (κ3) is 2.64. The highest BCUT2D eigenvalue weighted by Gasteiger charge is 2.17. The summed E-state index contributed by atoms with van der Waals surface area (Å²) in [4.78, 5) is 21.7. The van der Waals surface area contributed by atoms with Gasteiger partial charge in [-0.1, -0.05) is 18.2 Å². The van der Waals surface area contributed by atoms with Crippen LogP contribution in [0.1, 0.15) is 0 Å². The normalized spacial score (nSPS) is 11.3. The van der Waals surface area contributed by atoms with Gasteiger partial charge >= 0.3 is 0 Å². The van der Waals surface area contributed by atoms with Crippen molar-refractivity contribution in [2.75, 3.05) is 0 Å². The molecule has 1 aromatic carbocycles. The Balaban J connectivity index is 1.52. The zero-order valence-corrected chi connectivity index (χ0v) is 15.7. The third-order valence-corrected chi connectivity index (χ3v) is 5.04. The van der Waals surface area contributed by atoms with Gasteiger partial charge in [0.25, 0.3) is 0 Å². The van der Waals surface area contributed by atoms with Gasteiger partial charge in [-0.15, -0.1) is 0 Å². The van der Waals surface area contributed by atoms with Crippen LogP contribution in [0, 0.1) is 0 Å². The zero-order valence-electron chi connectivity index (χ0n) is 15.7. The summed E-state index contributed by atoms with van der Waals surface area (Å²) in [5.41, 5.74) is 7.71. The van der Waals surface area contributed by atoms with E-state index in [9.17, 15) is 0 Å². The Morgan fingerprint density at radius 2 is 1.70 bits per heavy atom. The second kappa shape index (κ2) is 6.59. The zero-order chi connectivity index (χ0) is 19.9. The Hall–Kier alpha value is -4.39. The average molecular weight is 389 g/mol. The van der Waals surface area contributed by atoms with Crippen LogP contribution in [-0.2, 0) is 0 Å². The van der Waals surface area contributed by atoms with E-state index < -0.39 is 0 Å². The molecule has 7 heteroatoms. The number of pyridine rings is 3. The van der Waals surface area contributed by atoms with E-state index >= 15 is 0 Å². The van der Waals surface area contributed by atoms with Gasteiger partial charge in [-0.05, 0) is 42.5 Å². The minimum absolute atomic E-state index is 0.662. The molecule has 0 amide bonds. The number of benzene rings is 1. The highest BCUT2D eigenvalue weighted by atomic mass is 15.1. The molecule has 0 radical (unpaired) electrons. The van der Waals surface area contributed by atoms with Crippen molar-refractivity contribution in [2.24, 2.45) is 0 Å². The molecule has 142 valence electrons. The summed E-state index contributed by atoms with van der Waals surface area (Å²) >= 11 is 0. The van der Waals surface area contributed by atoms with Crippen LogP contribution in [0.15, 0.2) is 79.3 Å². The number of hydrogen-bond donors (Lipinski definition) is 2. The smallest absolute Gasteiger partial charge is 0.161 e. The minimum Gasteiger partial charge on any atom is -0.336 e. The number of nitrogens with one attached hydrogen (secondary N) is 2. The molecule has 0 unspecified atom stereocenters. The number of fused-ring (bicyclic) bond motifs is 2. The number of rotatable bonds is 3. The molecule has 2 N–H and O–H groups in total. The summed E-state index contributed by atoms with van der Waals surface area (Å²) in [7, 11) is 0. The van der Waals surface area contributed by atoms with Crippen molar-refractivity contribution in [3.63, 3.8) is 0 Å². The maximum Gasteiger partial charge on any atom is 0.161 e. The lowest BCUT2D eigenvalue weighted by Crippen LogP contribution is -1.87. The lowest BCUT2D eigenvalue weighted by atomic mass is 10.1. The van der Waals surface area contributed by atoms with Gasteiger partial charge in [0.15, 0.2) is 11.5 Å². The summed E-state index contributed by atoms with van der Waals surface area (Å²) in [6.45, 7) is 0. The first-order valence-electron chi connectivity index (χ1n) is 9.53. The van der Waals surface area contributed by atoms with Gasteiger partial charge in [0.1, 0.15) is 5.52 Å². The summed E-state index contributed by atoms with van der Waals surface area (Å²) in [5.74, 6) is 0.662. The predicted molar refractivity (Wildman–Crippen MR) is 115 cm³/mol. The van der Waals surface area contributed by atoms with Crippen LogP contribution >= 0.6 is 0 Å². The van der Waals surface area contributed by atoms with Gasteiger partial charge in [0.2, 0.25) is 0 Å². The van der Waals surface area contributed by atoms with Gasteiger partial charge in [-0.25, -0.2) is 9.97 Å². The van der Waals surface area contributed by atoms with Crippen molar-refractivity contribution >= 4 is 22.1 Å². The Labute approximate surface area is 170 Å². The van der Waals surface area contributed by atoms with E-state index in [1.54, 1.807) is 18.6 Å².